The van der Waals surface area contributed by atoms with Crippen molar-refractivity contribution < 1.29 is 5.11 Å². The van der Waals surface area contributed by atoms with E-state index in [0.29, 0.717) is 0 Å². The molecule has 1 aliphatic carbocycles. The zero-order valence-electron chi connectivity index (χ0n) is 7.53. The molecule has 3 heteroatoms. The SMILES string of the molecule is C=CC1=CC(O)CCC12SCCS2. The maximum Gasteiger partial charge on any atom is 0.0859 e. The third kappa shape index (κ3) is 1.69. The lowest BCUT2D eigenvalue weighted by Gasteiger charge is -2.33. The van der Waals surface area contributed by atoms with Gasteiger partial charge >= 0.3 is 0 Å². The molecule has 1 aliphatic heterocycles. The summed E-state index contributed by atoms with van der Waals surface area (Å²) >= 11 is 4.03. The monoisotopic (exact) mass is 214 g/mol. The second-order valence-electron chi connectivity index (χ2n) is 3.38. The topological polar surface area (TPSA) is 20.2 Å². The summed E-state index contributed by atoms with van der Waals surface area (Å²) < 4.78 is 0.237. The van der Waals surface area contributed by atoms with E-state index < -0.39 is 0 Å². The molecule has 1 saturated heterocycles. The van der Waals surface area contributed by atoms with E-state index in [-0.39, 0.29) is 10.2 Å². The van der Waals surface area contributed by atoms with Gasteiger partial charge in [0.1, 0.15) is 0 Å². The van der Waals surface area contributed by atoms with Gasteiger partial charge in [0, 0.05) is 11.5 Å². The van der Waals surface area contributed by atoms with Crippen LogP contribution in [0, 0.1) is 0 Å². The van der Waals surface area contributed by atoms with Gasteiger partial charge in [-0.05, 0) is 18.4 Å². The van der Waals surface area contributed by atoms with Crippen molar-refractivity contribution in [3.8, 4) is 0 Å². The molecule has 0 aromatic heterocycles. The Labute approximate surface area is 87.7 Å². The van der Waals surface area contributed by atoms with Gasteiger partial charge in [-0.1, -0.05) is 18.7 Å². The van der Waals surface area contributed by atoms with E-state index in [1.54, 1.807) is 0 Å². The van der Waals surface area contributed by atoms with Crippen LogP contribution in [0.25, 0.3) is 0 Å². The normalized spacial score (nSPS) is 31.8. The van der Waals surface area contributed by atoms with E-state index in [1.807, 2.05) is 35.7 Å². The highest BCUT2D eigenvalue weighted by atomic mass is 32.2. The molecule has 0 aromatic rings. The molecule has 1 atom stereocenters. The minimum absolute atomic E-state index is 0.237. The smallest absolute Gasteiger partial charge is 0.0859 e. The molecule has 0 aromatic carbocycles. The Hall–Kier alpha value is 0.140. The highest BCUT2D eigenvalue weighted by molar-refractivity contribution is 8.21. The second-order valence-corrected chi connectivity index (χ2v) is 6.43. The van der Waals surface area contributed by atoms with Gasteiger partial charge in [0.05, 0.1) is 10.2 Å². The number of rotatable bonds is 1. The van der Waals surface area contributed by atoms with Crippen LogP contribution in [0.15, 0.2) is 24.3 Å². The van der Waals surface area contributed by atoms with Crippen LogP contribution in [0.1, 0.15) is 12.8 Å². The van der Waals surface area contributed by atoms with Gasteiger partial charge in [-0.15, -0.1) is 23.5 Å². The zero-order chi connectivity index (χ0) is 9.31. The molecule has 2 aliphatic rings. The molecule has 13 heavy (non-hydrogen) atoms. The molecule has 1 fully saturated rings. The molecule has 72 valence electrons. The van der Waals surface area contributed by atoms with Crippen LogP contribution in [0.4, 0.5) is 0 Å². The van der Waals surface area contributed by atoms with Crippen LogP contribution >= 0.6 is 23.5 Å². The third-order valence-electron chi connectivity index (χ3n) is 2.55. The fraction of sp³-hybridized carbons (Fsp3) is 0.600. The minimum atomic E-state index is -0.250. The first-order chi connectivity index (χ1) is 6.27. The number of aliphatic hydroxyl groups is 1. The van der Waals surface area contributed by atoms with Gasteiger partial charge in [0.15, 0.2) is 0 Å². The molecular formula is C10H14OS2. The number of thioether (sulfide) groups is 2. The van der Waals surface area contributed by atoms with Gasteiger partial charge in [-0.3, -0.25) is 0 Å². The summed E-state index contributed by atoms with van der Waals surface area (Å²) in [5.41, 5.74) is 1.23. The first-order valence-electron chi connectivity index (χ1n) is 4.57. The van der Waals surface area contributed by atoms with E-state index in [9.17, 15) is 5.11 Å². The maximum absolute atomic E-state index is 9.51. The standard InChI is InChI=1S/C10H14OS2/c1-2-8-7-9(11)3-4-10(8)12-5-6-13-10/h2,7,9,11H,1,3-6H2. The highest BCUT2D eigenvalue weighted by Gasteiger charge is 2.40. The summed E-state index contributed by atoms with van der Waals surface area (Å²) in [6.45, 7) is 3.83. The fourth-order valence-electron chi connectivity index (χ4n) is 1.89. The Morgan fingerprint density at radius 1 is 1.54 bits per heavy atom. The van der Waals surface area contributed by atoms with Crippen molar-refractivity contribution in [3.63, 3.8) is 0 Å². The number of allylic oxidation sites excluding steroid dienone is 1. The molecule has 2 rings (SSSR count). The summed E-state index contributed by atoms with van der Waals surface area (Å²) in [6, 6.07) is 0. The van der Waals surface area contributed by atoms with Crippen LogP contribution < -0.4 is 0 Å². The van der Waals surface area contributed by atoms with Crippen LogP contribution in [0.2, 0.25) is 0 Å². The molecule has 0 amide bonds. The van der Waals surface area contributed by atoms with E-state index in [1.165, 1.54) is 17.1 Å². The van der Waals surface area contributed by atoms with Crippen molar-refractivity contribution in [1.82, 2.24) is 0 Å². The molecule has 0 saturated carbocycles. The molecule has 1 nitrogen and oxygen atoms in total. The van der Waals surface area contributed by atoms with Crippen LogP contribution in [-0.4, -0.2) is 26.8 Å². The molecular weight excluding hydrogens is 200 g/mol. The predicted octanol–water partition coefficient (Wildman–Crippen LogP) is 2.43. The summed E-state index contributed by atoms with van der Waals surface area (Å²) in [7, 11) is 0. The maximum atomic E-state index is 9.51. The van der Waals surface area contributed by atoms with E-state index in [2.05, 4.69) is 6.58 Å². The quantitative estimate of drug-likeness (QED) is 0.724. The van der Waals surface area contributed by atoms with E-state index in [4.69, 9.17) is 0 Å². The lowest BCUT2D eigenvalue weighted by Crippen LogP contribution is -2.27. The molecule has 0 bridgehead atoms. The first kappa shape index (κ1) is 9.69. The van der Waals surface area contributed by atoms with Gasteiger partial charge < -0.3 is 5.11 Å². The summed E-state index contributed by atoms with van der Waals surface area (Å²) in [4.78, 5) is 0. The first-order valence-corrected chi connectivity index (χ1v) is 6.55. The van der Waals surface area contributed by atoms with Gasteiger partial charge in [0.25, 0.3) is 0 Å². The van der Waals surface area contributed by atoms with Crippen LogP contribution in [-0.2, 0) is 0 Å². The average Bonchev–Trinajstić information content (AvgIpc) is 2.59. The van der Waals surface area contributed by atoms with Crippen molar-refractivity contribution >= 4 is 23.5 Å². The van der Waals surface area contributed by atoms with Gasteiger partial charge in [-0.2, -0.15) is 0 Å². The summed E-state index contributed by atoms with van der Waals surface area (Å²) in [5, 5.41) is 9.51. The van der Waals surface area contributed by atoms with Crippen molar-refractivity contribution in [2.24, 2.45) is 0 Å². The van der Waals surface area contributed by atoms with E-state index in [0.717, 1.165) is 12.8 Å². The Morgan fingerprint density at radius 3 is 2.85 bits per heavy atom. The molecule has 1 N–H and O–H groups in total. The van der Waals surface area contributed by atoms with Gasteiger partial charge in [-0.25, -0.2) is 0 Å². The van der Waals surface area contributed by atoms with Crippen molar-refractivity contribution in [1.29, 1.82) is 0 Å². The summed E-state index contributed by atoms with van der Waals surface area (Å²) in [5.74, 6) is 2.46. The average molecular weight is 214 g/mol. The molecule has 1 spiro atoms. The van der Waals surface area contributed by atoms with Crippen molar-refractivity contribution in [2.45, 2.75) is 23.0 Å². The Kier molecular flexibility index (Phi) is 2.77. The summed E-state index contributed by atoms with van der Waals surface area (Å²) in [6.07, 6.45) is 5.62. The minimum Gasteiger partial charge on any atom is -0.389 e. The number of hydrogen-bond donors (Lipinski definition) is 1. The van der Waals surface area contributed by atoms with E-state index >= 15 is 0 Å². The van der Waals surface area contributed by atoms with Crippen LogP contribution in [0.3, 0.4) is 0 Å². The van der Waals surface area contributed by atoms with Crippen molar-refractivity contribution in [2.75, 3.05) is 11.5 Å². The van der Waals surface area contributed by atoms with Crippen molar-refractivity contribution in [3.05, 3.63) is 24.3 Å². The largest absolute Gasteiger partial charge is 0.389 e. The molecule has 1 heterocycles. The molecule has 0 radical (unpaired) electrons. The Balaban J connectivity index is 2.27. The highest BCUT2D eigenvalue weighted by Crippen LogP contribution is 2.54. The lowest BCUT2D eigenvalue weighted by molar-refractivity contribution is 0.202. The number of aliphatic hydroxyl groups excluding tert-OH is 1. The Morgan fingerprint density at radius 2 is 2.23 bits per heavy atom. The zero-order valence-corrected chi connectivity index (χ0v) is 9.16. The third-order valence-corrected chi connectivity index (χ3v) is 6.15. The Bertz CT molecular complexity index is 241. The predicted molar refractivity (Wildman–Crippen MR) is 61.2 cm³/mol. The fourth-order valence-corrected chi connectivity index (χ4v) is 5.21. The second kappa shape index (κ2) is 3.71. The molecule has 1 unspecified atom stereocenters. The van der Waals surface area contributed by atoms with Crippen LogP contribution in [0.5, 0.6) is 0 Å². The number of hydrogen-bond acceptors (Lipinski definition) is 3. The lowest BCUT2D eigenvalue weighted by atomic mass is 9.96. The van der Waals surface area contributed by atoms with Gasteiger partial charge in [0.2, 0.25) is 0 Å².